The first kappa shape index (κ1) is 31.7. The fourth-order valence-corrected chi connectivity index (χ4v) is 7.22. The van der Waals surface area contributed by atoms with E-state index in [0.29, 0.717) is 17.1 Å². The van der Waals surface area contributed by atoms with Crippen molar-refractivity contribution in [1.29, 1.82) is 0 Å². The second-order valence-electron chi connectivity index (χ2n) is 14.9. The standard InChI is InChI=1S/C32H48O8Si2/c1-30(2,3)41(7,8)39-22-16-21-18-36-32(25(21)23(17-22)40-42(9,10)31(4,5)6)28(34)26(33)27-24(38-32)19-35-29(37-27)20-14-12-11-13-15-20/h11-17,24,26-29,33-34H,18-19H2,1-10H3/t24-,26+,27-,28-,29-,32+/m1/s1. The molecule has 2 fully saturated rings. The van der Waals surface area contributed by atoms with Crippen molar-refractivity contribution in [3.05, 3.63) is 59.2 Å². The molecule has 42 heavy (non-hydrogen) atoms. The van der Waals surface area contributed by atoms with Crippen LogP contribution in [0.25, 0.3) is 0 Å². The molecule has 0 bridgehead atoms. The molecule has 5 rings (SSSR count). The van der Waals surface area contributed by atoms with Crippen LogP contribution in [0.2, 0.25) is 36.3 Å². The van der Waals surface area contributed by atoms with Crippen LogP contribution in [0.4, 0.5) is 0 Å². The molecule has 3 aliphatic rings. The van der Waals surface area contributed by atoms with Crippen molar-refractivity contribution in [2.24, 2.45) is 0 Å². The van der Waals surface area contributed by atoms with Gasteiger partial charge in [0.15, 0.2) is 6.29 Å². The molecule has 1 spiro atoms. The van der Waals surface area contributed by atoms with Crippen molar-refractivity contribution in [2.45, 2.75) is 121 Å². The van der Waals surface area contributed by atoms with E-state index in [2.05, 4.69) is 67.7 Å². The highest BCUT2D eigenvalue weighted by atomic mass is 28.4. The number of rotatable bonds is 5. The SMILES string of the molecule is CC(C)(C)[Si](C)(C)Oc1cc2c(c(O[Si](C)(C)C(C)(C)C)c1)[C@]1(OC2)O[C@@H]2CO[C@@H](c3ccccc3)O[C@H]2[C@H](O)[C@H]1O. The molecule has 6 atom stereocenters. The average molecular weight is 617 g/mol. The summed E-state index contributed by atoms with van der Waals surface area (Å²) in [6.45, 7) is 22.3. The van der Waals surface area contributed by atoms with E-state index < -0.39 is 53.1 Å². The van der Waals surface area contributed by atoms with Crippen LogP contribution in [0, 0.1) is 0 Å². The molecule has 2 aromatic rings. The summed E-state index contributed by atoms with van der Waals surface area (Å²) in [6, 6.07) is 13.4. The number of benzene rings is 2. The number of fused-ring (bicyclic) bond motifs is 3. The fourth-order valence-electron chi connectivity index (χ4n) is 5.19. The number of aliphatic hydroxyl groups excluding tert-OH is 2. The highest BCUT2D eigenvalue weighted by molar-refractivity contribution is 6.75. The first-order valence-corrected chi connectivity index (χ1v) is 20.7. The van der Waals surface area contributed by atoms with E-state index in [1.807, 2.05) is 42.5 Å². The van der Waals surface area contributed by atoms with Gasteiger partial charge in [-0.25, -0.2) is 0 Å². The normalized spacial score (nSPS) is 30.1. The highest BCUT2D eigenvalue weighted by Crippen LogP contribution is 2.54. The van der Waals surface area contributed by atoms with Gasteiger partial charge in [-0.05, 0) is 47.9 Å². The van der Waals surface area contributed by atoms with E-state index in [1.54, 1.807) is 0 Å². The predicted molar refractivity (Wildman–Crippen MR) is 165 cm³/mol. The summed E-state index contributed by atoms with van der Waals surface area (Å²) in [5, 5.41) is 23.1. The van der Waals surface area contributed by atoms with Crippen molar-refractivity contribution in [2.75, 3.05) is 6.61 Å². The quantitative estimate of drug-likeness (QED) is 0.374. The van der Waals surface area contributed by atoms with Crippen molar-refractivity contribution >= 4 is 16.6 Å². The van der Waals surface area contributed by atoms with Crippen LogP contribution in [0.5, 0.6) is 11.5 Å². The molecule has 0 amide bonds. The van der Waals surface area contributed by atoms with Crippen molar-refractivity contribution in [3.63, 3.8) is 0 Å². The fraction of sp³-hybridized carbons (Fsp3) is 0.625. The van der Waals surface area contributed by atoms with Crippen LogP contribution in [-0.2, 0) is 31.3 Å². The summed E-state index contributed by atoms with van der Waals surface area (Å²) >= 11 is 0. The van der Waals surface area contributed by atoms with Gasteiger partial charge in [0.1, 0.15) is 35.9 Å². The third-order valence-electron chi connectivity index (χ3n) is 9.81. The van der Waals surface area contributed by atoms with Gasteiger partial charge < -0.3 is 38.0 Å². The molecule has 232 valence electrons. The van der Waals surface area contributed by atoms with Gasteiger partial charge in [0.2, 0.25) is 22.4 Å². The molecule has 0 saturated carbocycles. The first-order valence-electron chi connectivity index (χ1n) is 14.9. The number of aliphatic hydroxyl groups is 2. The topological polar surface area (TPSA) is 95.8 Å². The summed E-state index contributed by atoms with van der Waals surface area (Å²) in [7, 11) is -4.52. The molecule has 3 aliphatic heterocycles. The van der Waals surface area contributed by atoms with Crippen LogP contribution in [0.15, 0.2) is 42.5 Å². The van der Waals surface area contributed by atoms with Crippen LogP contribution in [0.3, 0.4) is 0 Å². The Kier molecular flexibility index (Phi) is 8.06. The zero-order valence-corrected chi connectivity index (χ0v) is 28.7. The first-order chi connectivity index (χ1) is 19.4. The summed E-state index contributed by atoms with van der Waals surface area (Å²) in [6.07, 6.45) is -4.85. The van der Waals surface area contributed by atoms with Crippen molar-refractivity contribution in [3.8, 4) is 11.5 Å². The van der Waals surface area contributed by atoms with E-state index >= 15 is 0 Å². The number of hydrogen-bond acceptors (Lipinski definition) is 8. The third-order valence-corrected chi connectivity index (χ3v) is 18.5. The zero-order valence-electron chi connectivity index (χ0n) is 26.7. The van der Waals surface area contributed by atoms with Gasteiger partial charge in [-0.3, -0.25) is 0 Å². The van der Waals surface area contributed by atoms with Crippen molar-refractivity contribution < 1.29 is 38.0 Å². The molecule has 0 radical (unpaired) electrons. The lowest BCUT2D eigenvalue weighted by Crippen LogP contribution is -2.65. The monoisotopic (exact) mass is 616 g/mol. The maximum Gasteiger partial charge on any atom is 0.250 e. The number of ether oxygens (including phenoxy) is 4. The predicted octanol–water partition coefficient (Wildman–Crippen LogP) is 6.37. The molecule has 2 saturated heterocycles. The van der Waals surface area contributed by atoms with Gasteiger partial charge in [0.25, 0.3) is 0 Å². The lowest BCUT2D eigenvalue weighted by Gasteiger charge is -2.51. The van der Waals surface area contributed by atoms with E-state index in [-0.39, 0.29) is 23.3 Å². The minimum atomic E-state index is -2.36. The van der Waals surface area contributed by atoms with Crippen LogP contribution in [-0.4, -0.2) is 57.9 Å². The highest BCUT2D eigenvalue weighted by Gasteiger charge is 2.62. The lowest BCUT2D eigenvalue weighted by atomic mass is 9.86. The average Bonchev–Trinajstić information content (AvgIpc) is 3.25. The summed E-state index contributed by atoms with van der Waals surface area (Å²) in [5.41, 5.74) is 2.24. The minimum Gasteiger partial charge on any atom is -0.543 e. The van der Waals surface area contributed by atoms with Gasteiger partial charge in [0.05, 0.1) is 18.8 Å². The molecule has 0 aromatic heterocycles. The minimum absolute atomic E-state index is 0.00454. The molecule has 2 aromatic carbocycles. The van der Waals surface area contributed by atoms with Crippen LogP contribution >= 0.6 is 0 Å². The van der Waals surface area contributed by atoms with Gasteiger partial charge in [-0.1, -0.05) is 71.9 Å². The summed E-state index contributed by atoms with van der Waals surface area (Å²) in [4.78, 5) is 0. The van der Waals surface area contributed by atoms with Crippen LogP contribution < -0.4 is 8.85 Å². The molecule has 2 N–H and O–H groups in total. The molecule has 10 heteroatoms. The molecule has 0 aliphatic carbocycles. The Hall–Kier alpha value is -1.77. The third kappa shape index (κ3) is 5.49. The van der Waals surface area contributed by atoms with Gasteiger partial charge in [-0.15, -0.1) is 0 Å². The van der Waals surface area contributed by atoms with E-state index in [0.717, 1.165) is 11.1 Å². The molecular formula is C32H48O8Si2. The van der Waals surface area contributed by atoms with Gasteiger partial charge >= 0.3 is 0 Å². The van der Waals surface area contributed by atoms with E-state index in [4.69, 9.17) is 27.8 Å². The maximum absolute atomic E-state index is 11.7. The molecular weight excluding hydrogens is 569 g/mol. The van der Waals surface area contributed by atoms with Crippen LogP contribution in [0.1, 0.15) is 64.5 Å². The smallest absolute Gasteiger partial charge is 0.250 e. The van der Waals surface area contributed by atoms with Gasteiger partial charge in [-0.2, -0.15) is 0 Å². The van der Waals surface area contributed by atoms with E-state index in [1.165, 1.54) is 0 Å². The van der Waals surface area contributed by atoms with Gasteiger partial charge in [0, 0.05) is 11.6 Å². The Morgan fingerprint density at radius 1 is 0.881 bits per heavy atom. The Morgan fingerprint density at radius 2 is 1.50 bits per heavy atom. The molecule has 3 heterocycles. The lowest BCUT2D eigenvalue weighted by molar-refractivity contribution is -0.406. The maximum atomic E-state index is 11.7. The molecule has 0 unspecified atom stereocenters. The Labute approximate surface area is 252 Å². The Balaban J connectivity index is 1.54. The summed E-state index contributed by atoms with van der Waals surface area (Å²) < 4.78 is 38.8. The summed E-state index contributed by atoms with van der Waals surface area (Å²) in [5.74, 6) is -0.363. The second-order valence-corrected chi connectivity index (χ2v) is 24.4. The van der Waals surface area contributed by atoms with Crippen molar-refractivity contribution in [1.82, 2.24) is 0 Å². The largest absolute Gasteiger partial charge is 0.543 e. The Morgan fingerprint density at radius 3 is 2.12 bits per heavy atom. The second kappa shape index (κ2) is 10.7. The Bertz CT molecular complexity index is 1280. The van der Waals surface area contributed by atoms with E-state index in [9.17, 15) is 10.2 Å². The zero-order chi connectivity index (χ0) is 30.9. The molecule has 8 nitrogen and oxygen atoms in total. The number of hydrogen-bond donors (Lipinski definition) is 2.